The number of imidazole rings is 1. The molecule has 2 saturated heterocycles. The fourth-order valence-corrected chi connectivity index (χ4v) is 4.67. The number of halogens is 3. The van der Waals surface area contributed by atoms with Crippen LogP contribution in [0.25, 0.3) is 11.0 Å². The molecule has 2 atom stereocenters. The van der Waals surface area contributed by atoms with E-state index in [1.165, 1.54) is 10.6 Å². The van der Waals surface area contributed by atoms with E-state index in [9.17, 15) is 18.0 Å². The first kappa shape index (κ1) is 19.2. The van der Waals surface area contributed by atoms with E-state index in [0.29, 0.717) is 23.2 Å². The molecule has 1 aromatic carbocycles. The minimum Gasteiger partial charge on any atom is -0.339 e. The van der Waals surface area contributed by atoms with Gasteiger partial charge in [0, 0.05) is 36.8 Å². The topological polar surface area (TPSA) is 50.2 Å². The lowest BCUT2D eigenvalue weighted by molar-refractivity contribution is -0.147. The molecule has 0 spiro atoms. The van der Waals surface area contributed by atoms with Crippen LogP contribution in [0.3, 0.4) is 0 Å². The molecule has 28 heavy (non-hydrogen) atoms. The van der Waals surface area contributed by atoms with Gasteiger partial charge in [-0.2, -0.15) is 13.2 Å². The van der Waals surface area contributed by atoms with E-state index in [-0.39, 0.29) is 17.5 Å². The minimum absolute atomic E-state index is 0.154. The van der Waals surface area contributed by atoms with Crippen molar-refractivity contribution < 1.29 is 18.0 Å². The molecule has 1 amide bonds. The van der Waals surface area contributed by atoms with Crippen LogP contribution in [0.5, 0.6) is 0 Å². The predicted octanol–water partition coefficient (Wildman–Crippen LogP) is 3.99. The van der Waals surface area contributed by atoms with Crippen LogP contribution in [0.15, 0.2) is 18.2 Å². The van der Waals surface area contributed by atoms with Gasteiger partial charge in [-0.25, -0.2) is 4.98 Å². The smallest absolute Gasteiger partial charge is 0.339 e. The number of alkyl halides is 3. The number of piperidine rings is 1. The highest BCUT2D eigenvalue weighted by Gasteiger charge is 2.39. The summed E-state index contributed by atoms with van der Waals surface area (Å²) in [7, 11) is 1.79. The van der Waals surface area contributed by atoms with Gasteiger partial charge in [0.05, 0.1) is 11.0 Å². The minimum atomic E-state index is -4.54. The monoisotopic (exact) mass is 394 g/mol. The zero-order valence-electron chi connectivity index (χ0n) is 16.3. The normalized spacial score (nSPS) is 24.9. The third kappa shape index (κ3) is 3.27. The molecule has 2 aromatic rings. The van der Waals surface area contributed by atoms with Gasteiger partial charge in [0.25, 0.3) is 5.91 Å². The van der Waals surface area contributed by atoms with E-state index in [2.05, 4.69) is 10.3 Å². The average molecular weight is 394 g/mol. The van der Waals surface area contributed by atoms with Gasteiger partial charge < -0.3 is 14.8 Å². The number of nitrogens with one attached hydrogen (secondary N) is 1. The molecule has 2 unspecified atom stereocenters. The standard InChI is InChI=1S/C20H25F3N4O/c1-11(2)27-17-7-4-12(8-16(17)25-19(27)20(21,22)23)18(28)26(3)15-9-13-5-6-14(10-15)24-13/h4,7-8,11,13-15,24H,5-6,9-10H2,1-3H3. The Hall–Kier alpha value is -2.09. The summed E-state index contributed by atoms with van der Waals surface area (Å²) in [6.45, 7) is 3.38. The third-order valence-corrected chi connectivity index (χ3v) is 6.02. The van der Waals surface area contributed by atoms with Gasteiger partial charge in [-0.05, 0) is 57.7 Å². The second-order valence-corrected chi connectivity index (χ2v) is 8.28. The van der Waals surface area contributed by atoms with Gasteiger partial charge in [-0.15, -0.1) is 0 Å². The van der Waals surface area contributed by atoms with Crippen molar-refractivity contribution in [2.45, 2.75) is 69.9 Å². The molecule has 0 aliphatic carbocycles. The fourth-order valence-electron chi connectivity index (χ4n) is 4.67. The molecule has 0 saturated carbocycles. The van der Waals surface area contributed by atoms with E-state index >= 15 is 0 Å². The number of rotatable bonds is 3. The Kier molecular flexibility index (Phi) is 4.64. The quantitative estimate of drug-likeness (QED) is 0.856. The first-order valence-corrected chi connectivity index (χ1v) is 9.77. The highest BCUT2D eigenvalue weighted by Crippen LogP contribution is 2.34. The van der Waals surface area contributed by atoms with Gasteiger partial charge >= 0.3 is 6.18 Å². The number of fused-ring (bicyclic) bond motifs is 3. The van der Waals surface area contributed by atoms with Gasteiger partial charge in [0.1, 0.15) is 0 Å². The maximum atomic E-state index is 13.4. The molecule has 8 heteroatoms. The summed E-state index contributed by atoms with van der Waals surface area (Å²) in [5.74, 6) is -1.09. The van der Waals surface area contributed by atoms with Crippen LogP contribution >= 0.6 is 0 Å². The van der Waals surface area contributed by atoms with E-state index in [1.54, 1.807) is 37.9 Å². The molecule has 4 rings (SSSR count). The Bertz CT molecular complexity index is 893. The third-order valence-electron chi connectivity index (χ3n) is 6.02. The molecule has 2 fully saturated rings. The molecule has 0 radical (unpaired) electrons. The van der Waals surface area contributed by atoms with Crippen LogP contribution in [0.4, 0.5) is 13.2 Å². The molecule has 1 aromatic heterocycles. The molecule has 2 aliphatic rings. The summed E-state index contributed by atoms with van der Waals surface area (Å²) in [6, 6.07) is 5.34. The van der Waals surface area contributed by atoms with Crippen LogP contribution in [0.2, 0.25) is 0 Å². The Morgan fingerprint density at radius 1 is 1.25 bits per heavy atom. The highest BCUT2D eigenvalue weighted by molar-refractivity contribution is 5.97. The molecular formula is C20H25F3N4O. The number of hydrogen-bond acceptors (Lipinski definition) is 3. The Morgan fingerprint density at radius 2 is 1.89 bits per heavy atom. The largest absolute Gasteiger partial charge is 0.449 e. The van der Waals surface area contributed by atoms with E-state index < -0.39 is 18.0 Å². The number of hydrogen-bond donors (Lipinski definition) is 1. The van der Waals surface area contributed by atoms with Crippen LogP contribution in [0.1, 0.15) is 61.8 Å². The van der Waals surface area contributed by atoms with Crippen molar-refractivity contribution in [1.82, 2.24) is 19.8 Å². The summed E-state index contributed by atoms with van der Waals surface area (Å²) < 4.78 is 41.4. The van der Waals surface area contributed by atoms with Crippen molar-refractivity contribution in [2.24, 2.45) is 0 Å². The van der Waals surface area contributed by atoms with Gasteiger partial charge in [0.2, 0.25) is 5.82 Å². The van der Waals surface area contributed by atoms with Gasteiger partial charge in [-0.1, -0.05) is 0 Å². The second-order valence-electron chi connectivity index (χ2n) is 8.28. The number of benzene rings is 1. The zero-order valence-corrected chi connectivity index (χ0v) is 16.3. The first-order chi connectivity index (χ1) is 13.1. The maximum Gasteiger partial charge on any atom is 0.449 e. The molecular weight excluding hydrogens is 369 g/mol. The summed E-state index contributed by atoms with van der Waals surface area (Å²) in [5, 5.41) is 3.55. The molecule has 2 bridgehead atoms. The van der Waals surface area contributed by atoms with Gasteiger partial charge in [-0.3, -0.25) is 4.79 Å². The highest BCUT2D eigenvalue weighted by atomic mass is 19.4. The Morgan fingerprint density at radius 3 is 2.46 bits per heavy atom. The molecule has 1 N–H and O–H groups in total. The lowest BCUT2D eigenvalue weighted by Gasteiger charge is -2.35. The van der Waals surface area contributed by atoms with Crippen LogP contribution < -0.4 is 5.32 Å². The van der Waals surface area contributed by atoms with Crippen molar-refractivity contribution in [3.05, 3.63) is 29.6 Å². The van der Waals surface area contributed by atoms with Crippen molar-refractivity contribution in [1.29, 1.82) is 0 Å². The SMILES string of the molecule is CC(C)n1c(C(F)(F)F)nc2cc(C(=O)N(C)C3CC4CCC(C3)N4)ccc21. The average Bonchev–Trinajstić information content (AvgIpc) is 3.19. The maximum absolute atomic E-state index is 13.4. The van der Waals surface area contributed by atoms with E-state index in [1.807, 2.05) is 0 Å². The van der Waals surface area contributed by atoms with Crippen LogP contribution in [-0.2, 0) is 6.18 Å². The lowest BCUT2D eigenvalue weighted by Crippen LogP contribution is -2.48. The summed E-state index contributed by atoms with van der Waals surface area (Å²) in [6.07, 6.45) is -0.426. The van der Waals surface area contributed by atoms with Crippen LogP contribution in [0, 0.1) is 0 Å². The van der Waals surface area contributed by atoms with Crippen molar-refractivity contribution in [3.8, 4) is 0 Å². The van der Waals surface area contributed by atoms with Crippen molar-refractivity contribution in [3.63, 3.8) is 0 Å². The van der Waals surface area contributed by atoms with E-state index in [0.717, 1.165) is 25.7 Å². The first-order valence-electron chi connectivity index (χ1n) is 9.77. The Labute approximate surface area is 161 Å². The number of carbonyl (C=O) groups excluding carboxylic acids is 1. The summed E-state index contributed by atoms with van der Waals surface area (Å²) >= 11 is 0. The van der Waals surface area contributed by atoms with Crippen molar-refractivity contribution in [2.75, 3.05) is 7.05 Å². The summed E-state index contributed by atoms with van der Waals surface area (Å²) in [4.78, 5) is 18.6. The fraction of sp³-hybridized carbons (Fsp3) is 0.600. The van der Waals surface area contributed by atoms with Crippen molar-refractivity contribution >= 4 is 16.9 Å². The number of aromatic nitrogens is 2. The van der Waals surface area contributed by atoms with Gasteiger partial charge in [0.15, 0.2) is 0 Å². The molecule has 2 aliphatic heterocycles. The predicted molar refractivity (Wildman–Crippen MR) is 100 cm³/mol. The second kappa shape index (κ2) is 6.76. The van der Waals surface area contributed by atoms with E-state index in [4.69, 9.17) is 0 Å². The number of amides is 1. The number of nitrogens with zero attached hydrogens (tertiary/aromatic N) is 3. The summed E-state index contributed by atoms with van der Waals surface area (Å²) in [5.41, 5.74) is 0.968. The lowest BCUT2D eigenvalue weighted by atomic mass is 9.98. The molecule has 5 nitrogen and oxygen atoms in total. The molecule has 152 valence electrons. The Balaban J connectivity index is 1.65. The molecule has 3 heterocycles. The van der Waals surface area contributed by atoms with Crippen LogP contribution in [-0.4, -0.2) is 45.5 Å². The number of carbonyl (C=O) groups is 1. The zero-order chi connectivity index (χ0) is 20.2.